The van der Waals surface area contributed by atoms with Crippen LogP contribution in [0.2, 0.25) is 0 Å². The van der Waals surface area contributed by atoms with Crippen LogP contribution in [-0.2, 0) is 11.8 Å². The van der Waals surface area contributed by atoms with Gasteiger partial charge in [-0.15, -0.1) is 0 Å². The second-order valence-electron chi connectivity index (χ2n) is 7.02. The highest BCUT2D eigenvalue weighted by Crippen LogP contribution is 2.34. The average Bonchev–Trinajstić information content (AvgIpc) is 3.32. The van der Waals surface area contributed by atoms with E-state index in [1.807, 2.05) is 36.0 Å². The number of carbonyl (C=O) groups is 1. The molecule has 4 rings (SSSR count). The van der Waals surface area contributed by atoms with E-state index in [1.54, 1.807) is 6.20 Å². The standard InChI is InChI=1S/C21H23BrN4O/c1-25-20(19(22)14-23-25)16-11-17(13-18(12-16)26-9-5-6-10-26)24-21(27)15-7-3-2-4-8-15/h3,7-8,11-14H,2,4-6,9-10H2,1H3,(H,24,27). The molecule has 0 unspecified atom stereocenters. The van der Waals surface area contributed by atoms with E-state index in [0.717, 1.165) is 58.6 Å². The third-order valence-corrected chi connectivity index (χ3v) is 5.65. The van der Waals surface area contributed by atoms with E-state index in [1.165, 1.54) is 12.8 Å². The molecule has 27 heavy (non-hydrogen) atoms. The van der Waals surface area contributed by atoms with Crippen LogP contribution in [0.5, 0.6) is 0 Å². The fourth-order valence-corrected chi connectivity index (χ4v) is 4.28. The van der Waals surface area contributed by atoms with Crippen molar-refractivity contribution in [1.82, 2.24) is 9.78 Å². The van der Waals surface area contributed by atoms with Gasteiger partial charge in [0.1, 0.15) is 0 Å². The van der Waals surface area contributed by atoms with Gasteiger partial charge in [-0.25, -0.2) is 0 Å². The Bertz CT molecular complexity index is 903. The number of aromatic nitrogens is 2. The number of nitrogens with zero attached hydrogens (tertiary/aromatic N) is 3. The van der Waals surface area contributed by atoms with E-state index in [-0.39, 0.29) is 5.91 Å². The molecule has 0 atom stereocenters. The van der Waals surface area contributed by atoms with Crippen LogP contribution in [0.15, 0.2) is 52.7 Å². The van der Waals surface area contributed by atoms with Crippen molar-refractivity contribution in [2.24, 2.45) is 7.05 Å². The van der Waals surface area contributed by atoms with Crippen LogP contribution in [0, 0.1) is 0 Å². The molecule has 1 amide bonds. The van der Waals surface area contributed by atoms with Crippen molar-refractivity contribution < 1.29 is 4.79 Å². The van der Waals surface area contributed by atoms with Crippen molar-refractivity contribution >= 4 is 33.2 Å². The van der Waals surface area contributed by atoms with Crippen molar-refractivity contribution in [2.75, 3.05) is 23.3 Å². The van der Waals surface area contributed by atoms with Crippen LogP contribution < -0.4 is 10.2 Å². The van der Waals surface area contributed by atoms with Gasteiger partial charge in [-0.2, -0.15) is 5.10 Å². The Hall–Kier alpha value is -2.34. The first kappa shape index (κ1) is 18.0. The molecule has 1 aliphatic heterocycles. The first-order valence-electron chi connectivity index (χ1n) is 9.38. The number of rotatable bonds is 4. The van der Waals surface area contributed by atoms with E-state index in [4.69, 9.17) is 0 Å². The summed E-state index contributed by atoms with van der Waals surface area (Å²) in [5.41, 5.74) is 4.73. The molecule has 1 N–H and O–H groups in total. The van der Waals surface area contributed by atoms with Crippen LogP contribution in [-0.4, -0.2) is 28.8 Å². The molecule has 140 valence electrons. The van der Waals surface area contributed by atoms with E-state index in [9.17, 15) is 4.79 Å². The zero-order valence-corrected chi connectivity index (χ0v) is 17.0. The van der Waals surface area contributed by atoms with Crippen LogP contribution in [0.3, 0.4) is 0 Å². The van der Waals surface area contributed by atoms with Crippen LogP contribution in [0.25, 0.3) is 11.3 Å². The van der Waals surface area contributed by atoms with Crippen molar-refractivity contribution in [1.29, 1.82) is 0 Å². The molecular weight excluding hydrogens is 404 g/mol. The van der Waals surface area contributed by atoms with Crippen molar-refractivity contribution in [3.05, 3.63) is 52.7 Å². The Morgan fingerprint density at radius 2 is 2.00 bits per heavy atom. The zero-order chi connectivity index (χ0) is 18.8. The molecule has 0 spiro atoms. The molecule has 0 bridgehead atoms. The molecule has 5 nitrogen and oxygen atoms in total. The molecule has 2 heterocycles. The van der Waals surface area contributed by atoms with Gasteiger partial charge in [0, 0.05) is 42.6 Å². The number of carbonyl (C=O) groups excluding carboxylic acids is 1. The summed E-state index contributed by atoms with van der Waals surface area (Å²) in [6, 6.07) is 6.28. The van der Waals surface area contributed by atoms with Gasteiger partial charge in [0.05, 0.1) is 16.4 Å². The number of hydrogen-bond donors (Lipinski definition) is 1. The highest BCUT2D eigenvalue weighted by molar-refractivity contribution is 9.10. The third kappa shape index (κ3) is 3.86. The second kappa shape index (κ2) is 7.72. The number of allylic oxidation sites excluding steroid dienone is 2. The Labute approximate surface area is 167 Å². The SMILES string of the molecule is Cn1ncc(Br)c1-c1cc(NC(=O)C2=CCCC=C2)cc(N2CCCC2)c1. The molecule has 2 aliphatic rings. The van der Waals surface area contributed by atoms with Gasteiger partial charge >= 0.3 is 0 Å². The zero-order valence-electron chi connectivity index (χ0n) is 15.4. The molecule has 0 saturated carbocycles. The van der Waals surface area contributed by atoms with Crippen LogP contribution in [0.4, 0.5) is 11.4 Å². The summed E-state index contributed by atoms with van der Waals surface area (Å²) in [6.45, 7) is 2.11. The molecule has 1 aromatic heterocycles. The summed E-state index contributed by atoms with van der Waals surface area (Å²) in [7, 11) is 1.93. The van der Waals surface area contributed by atoms with E-state index < -0.39 is 0 Å². The number of benzene rings is 1. The first-order chi connectivity index (χ1) is 13.1. The van der Waals surface area contributed by atoms with Gasteiger partial charge in [0.2, 0.25) is 0 Å². The van der Waals surface area contributed by atoms with Crippen molar-refractivity contribution in [2.45, 2.75) is 25.7 Å². The Balaban J connectivity index is 1.70. The fourth-order valence-electron chi connectivity index (χ4n) is 3.70. The Morgan fingerprint density at radius 3 is 2.67 bits per heavy atom. The summed E-state index contributed by atoms with van der Waals surface area (Å²) in [5.74, 6) is -0.0560. The highest BCUT2D eigenvalue weighted by Gasteiger charge is 2.18. The van der Waals surface area contributed by atoms with Crippen molar-refractivity contribution in [3.63, 3.8) is 0 Å². The molecule has 1 saturated heterocycles. The molecular formula is C21H23BrN4O. The number of nitrogens with one attached hydrogen (secondary N) is 1. The lowest BCUT2D eigenvalue weighted by Gasteiger charge is -2.20. The maximum Gasteiger partial charge on any atom is 0.255 e. The van der Waals surface area contributed by atoms with E-state index in [0.29, 0.717) is 0 Å². The topological polar surface area (TPSA) is 50.2 Å². The third-order valence-electron chi connectivity index (χ3n) is 5.07. The molecule has 6 heteroatoms. The Kier molecular flexibility index (Phi) is 5.16. The minimum absolute atomic E-state index is 0.0560. The average molecular weight is 427 g/mol. The molecule has 0 radical (unpaired) electrons. The van der Waals surface area contributed by atoms with Gasteiger partial charge in [0.25, 0.3) is 5.91 Å². The maximum absolute atomic E-state index is 12.7. The number of hydrogen-bond acceptors (Lipinski definition) is 3. The lowest BCUT2D eigenvalue weighted by molar-refractivity contribution is -0.112. The summed E-state index contributed by atoms with van der Waals surface area (Å²) in [6.07, 6.45) is 12.1. The summed E-state index contributed by atoms with van der Waals surface area (Å²) in [5, 5.41) is 7.42. The fraction of sp³-hybridized carbons (Fsp3) is 0.333. The smallest absolute Gasteiger partial charge is 0.255 e. The number of halogens is 1. The second-order valence-corrected chi connectivity index (χ2v) is 7.88. The van der Waals surface area contributed by atoms with E-state index in [2.05, 4.69) is 43.4 Å². The lowest BCUT2D eigenvalue weighted by Crippen LogP contribution is -2.19. The number of aryl methyl sites for hydroxylation is 1. The summed E-state index contributed by atoms with van der Waals surface area (Å²) in [4.78, 5) is 15.0. The van der Waals surface area contributed by atoms with Gasteiger partial charge < -0.3 is 10.2 Å². The van der Waals surface area contributed by atoms with Gasteiger partial charge in [0.15, 0.2) is 0 Å². The van der Waals surface area contributed by atoms with E-state index >= 15 is 0 Å². The predicted octanol–water partition coefficient (Wildman–Crippen LogP) is 4.66. The van der Waals surface area contributed by atoms with Crippen molar-refractivity contribution in [3.8, 4) is 11.3 Å². The van der Waals surface area contributed by atoms with Crippen LogP contribution in [0.1, 0.15) is 25.7 Å². The number of anilines is 2. The minimum atomic E-state index is -0.0560. The highest BCUT2D eigenvalue weighted by atomic mass is 79.9. The van der Waals surface area contributed by atoms with Gasteiger partial charge in [-0.1, -0.05) is 18.2 Å². The monoisotopic (exact) mass is 426 g/mol. The quantitative estimate of drug-likeness (QED) is 0.772. The Morgan fingerprint density at radius 1 is 1.19 bits per heavy atom. The largest absolute Gasteiger partial charge is 0.371 e. The maximum atomic E-state index is 12.7. The molecule has 1 aliphatic carbocycles. The normalized spacial score (nSPS) is 16.5. The van der Waals surface area contributed by atoms with Gasteiger partial charge in [-0.05, 0) is 59.8 Å². The lowest BCUT2D eigenvalue weighted by atomic mass is 10.1. The summed E-state index contributed by atoms with van der Waals surface area (Å²) < 4.78 is 2.80. The molecule has 2 aromatic rings. The van der Waals surface area contributed by atoms with Gasteiger partial charge in [-0.3, -0.25) is 9.48 Å². The predicted molar refractivity (Wildman–Crippen MR) is 113 cm³/mol. The summed E-state index contributed by atoms with van der Waals surface area (Å²) >= 11 is 3.60. The van der Waals surface area contributed by atoms with Crippen LogP contribution >= 0.6 is 15.9 Å². The number of amides is 1. The molecule has 1 aromatic carbocycles. The molecule has 1 fully saturated rings. The minimum Gasteiger partial charge on any atom is -0.371 e. The first-order valence-corrected chi connectivity index (χ1v) is 10.2.